The van der Waals surface area contributed by atoms with Crippen LogP contribution in [0.5, 0.6) is 0 Å². The van der Waals surface area contributed by atoms with E-state index in [1.807, 2.05) is 49.4 Å². The summed E-state index contributed by atoms with van der Waals surface area (Å²) in [6.07, 6.45) is 0. The monoisotopic (exact) mass is 365 g/mol. The van der Waals surface area contributed by atoms with Crippen molar-refractivity contribution in [2.75, 3.05) is 0 Å². The molecule has 0 aliphatic rings. The molecule has 132 valence electrons. The van der Waals surface area contributed by atoms with Crippen molar-refractivity contribution < 1.29 is 9.18 Å². The Balaban J connectivity index is 1.70. The molecule has 3 aromatic carbocycles. The number of hydrogen-bond acceptors (Lipinski definition) is 2. The molecule has 3 rings (SSSR count). The Hall–Kier alpha value is -2.59. The van der Waals surface area contributed by atoms with Gasteiger partial charge in [-0.3, -0.25) is 4.79 Å². The topological polar surface area (TPSA) is 29.1 Å². The first kappa shape index (κ1) is 18.2. The van der Waals surface area contributed by atoms with E-state index in [-0.39, 0.29) is 17.8 Å². The van der Waals surface area contributed by atoms with Crippen molar-refractivity contribution in [1.29, 1.82) is 0 Å². The standard InChI is InChI=1S/C22H20FNOS/c1-16(18-11-13-19(23)14-12-18)24-22(25)20-9-5-6-10-21(20)26-15-17-7-3-2-4-8-17/h2-14,16H,15H2,1H3,(H,24,25). The minimum atomic E-state index is -0.282. The lowest BCUT2D eigenvalue weighted by Gasteiger charge is -2.16. The molecular weight excluding hydrogens is 345 g/mol. The number of carbonyl (C=O) groups excluding carboxylic acids is 1. The van der Waals surface area contributed by atoms with Crippen molar-refractivity contribution >= 4 is 17.7 Å². The van der Waals surface area contributed by atoms with E-state index in [1.54, 1.807) is 23.9 Å². The molecule has 0 saturated heterocycles. The normalized spacial score (nSPS) is 11.8. The fourth-order valence-corrected chi connectivity index (χ4v) is 3.63. The van der Waals surface area contributed by atoms with Gasteiger partial charge in [0, 0.05) is 10.6 Å². The van der Waals surface area contributed by atoms with Crippen molar-refractivity contribution in [2.24, 2.45) is 0 Å². The quantitative estimate of drug-likeness (QED) is 0.575. The van der Waals surface area contributed by atoms with Crippen LogP contribution < -0.4 is 5.32 Å². The van der Waals surface area contributed by atoms with E-state index in [0.29, 0.717) is 5.56 Å². The summed E-state index contributed by atoms with van der Waals surface area (Å²) in [4.78, 5) is 13.7. The first-order chi connectivity index (χ1) is 12.6. The van der Waals surface area contributed by atoms with Crippen molar-refractivity contribution in [1.82, 2.24) is 5.32 Å². The molecule has 0 spiro atoms. The number of hydrogen-bond donors (Lipinski definition) is 1. The molecule has 0 saturated carbocycles. The van der Waals surface area contributed by atoms with Gasteiger partial charge in [-0.25, -0.2) is 4.39 Å². The smallest absolute Gasteiger partial charge is 0.252 e. The Labute approximate surface area is 157 Å². The van der Waals surface area contributed by atoms with Crippen LogP contribution in [0.1, 0.15) is 34.5 Å². The molecule has 1 amide bonds. The van der Waals surface area contributed by atoms with Crippen LogP contribution in [-0.4, -0.2) is 5.91 Å². The van der Waals surface area contributed by atoms with Crippen molar-refractivity contribution in [3.63, 3.8) is 0 Å². The molecule has 2 nitrogen and oxygen atoms in total. The third kappa shape index (κ3) is 4.73. The SMILES string of the molecule is CC(NC(=O)c1ccccc1SCc1ccccc1)c1ccc(F)cc1. The van der Waals surface area contributed by atoms with Crippen LogP contribution in [0.3, 0.4) is 0 Å². The van der Waals surface area contributed by atoms with Gasteiger partial charge in [-0.15, -0.1) is 11.8 Å². The molecular formula is C22H20FNOS. The summed E-state index contributed by atoms with van der Waals surface area (Å²) in [5.41, 5.74) is 2.74. The van der Waals surface area contributed by atoms with E-state index in [4.69, 9.17) is 0 Å². The summed E-state index contributed by atoms with van der Waals surface area (Å²) in [5.74, 6) is 0.395. The van der Waals surface area contributed by atoms with E-state index >= 15 is 0 Å². The third-order valence-corrected chi connectivity index (χ3v) is 5.23. The second-order valence-corrected chi connectivity index (χ2v) is 7.03. The van der Waals surface area contributed by atoms with Gasteiger partial charge in [0.2, 0.25) is 0 Å². The van der Waals surface area contributed by atoms with Gasteiger partial charge in [-0.05, 0) is 42.3 Å². The number of thioether (sulfide) groups is 1. The zero-order valence-electron chi connectivity index (χ0n) is 14.5. The minimum absolute atomic E-state index is 0.127. The predicted molar refractivity (Wildman–Crippen MR) is 105 cm³/mol. The number of halogens is 1. The summed E-state index contributed by atoms with van der Waals surface area (Å²) in [5, 5.41) is 3.00. The number of rotatable bonds is 6. The number of benzene rings is 3. The zero-order chi connectivity index (χ0) is 18.4. The molecule has 4 heteroatoms. The van der Waals surface area contributed by atoms with Crippen LogP contribution in [0.2, 0.25) is 0 Å². The lowest BCUT2D eigenvalue weighted by molar-refractivity contribution is 0.0937. The van der Waals surface area contributed by atoms with Gasteiger partial charge in [0.1, 0.15) is 5.82 Å². The van der Waals surface area contributed by atoms with Gasteiger partial charge < -0.3 is 5.32 Å². The minimum Gasteiger partial charge on any atom is -0.345 e. The second-order valence-electron chi connectivity index (χ2n) is 6.02. The lowest BCUT2D eigenvalue weighted by Crippen LogP contribution is -2.27. The third-order valence-electron chi connectivity index (χ3n) is 4.09. The molecule has 0 radical (unpaired) electrons. The molecule has 0 heterocycles. The zero-order valence-corrected chi connectivity index (χ0v) is 15.3. The van der Waals surface area contributed by atoms with Gasteiger partial charge in [0.15, 0.2) is 0 Å². The first-order valence-corrected chi connectivity index (χ1v) is 9.44. The van der Waals surface area contributed by atoms with Gasteiger partial charge in [-0.1, -0.05) is 54.6 Å². The highest BCUT2D eigenvalue weighted by atomic mass is 32.2. The molecule has 0 aliphatic carbocycles. The summed E-state index contributed by atoms with van der Waals surface area (Å²) >= 11 is 1.64. The van der Waals surface area contributed by atoms with Gasteiger partial charge in [-0.2, -0.15) is 0 Å². The molecule has 0 bridgehead atoms. The molecule has 0 fully saturated rings. The highest BCUT2D eigenvalue weighted by molar-refractivity contribution is 7.98. The lowest BCUT2D eigenvalue weighted by atomic mass is 10.1. The Morgan fingerprint density at radius 3 is 2.35 bits per heavy atom. The second kappa shape index (κ2) is 8.68. The molecule has 1 N–H and O–H groups in total. The van der Waals surface area contributed by atoms with E-state index < -0.39 is 0 Å². The van der Waals surface area contributed by atoms with Crippen LogP contribution in [0.25, 0.3) is 0 Å². The van der Waals surface area contributed by atoms with Crippen LogP contribution in [0.15, 0.2) is 83.8 Å². The Bertz CT molecular complexity index is 865. The largest absolute Gasteiger partial charge is 0.345 e. The Kier molecular flexibility index (Phi) is 6.08. The molecule has 1 atom stereocenters. The van der Waals surface area contributed by atoms with E-state index in [0.717, 1.165) is 16.2 Å². The summed E-state index contributed by atoms with van der Waals surface area (Å²) in [6.45, 7) is 1.89. The number of amides is 1. The van der Waals surface area contributed by atoms with Gasteiger partial charge >= 0.3 is 0 Å². The van der Waals surface area contributed by atoms with Crippen molar-refractivity contribution in [3.8, 4) is 0 Å². The van der Waals surface area contributed by atoms with E-state index in [2.05, 4.69) is 17.4 Å². The van der Waals surface area contributed by atoms with E-state index in [1.165, 1.54) is 17.7 Å². The molecule has 3 aromatic rings. The van der Waals surface area contributed by atoms with Crippen LogP contribution in [0.4, 0.5) is 4.39 Å². The average Bonchev–Trinajstić information content (AvgIpc) is 2.68. The van der Waals surface area contributed by atoms with Crippen molar-refractivity contribution in [3.05, 3.63) is 101 Å². The number of nitrogens with one attached hydrogen (secondary N) is 1. The summed E-state index contributed by atoms with van der Waals surface area (Å²) < 4.78 is 13.1. The maximum Gasteiger partial charge on any atom is 0.252 e. The van der Waals surface area contributed by atoms with Crippen LogP contribution >= 0.6 is 11.8 Å². The highest BCUT2D eigenvalue weighted by Crippen LogP contribution is 2.27. The van der Waals surface area contributed by atoms with Crippen LogP contribution in [-0.2, 0) is 5.75 Å². The maximum atomic E-state index is 13.1. The molecule has 0 aromatic heterocycles. The highest BCUT2D eigenvalue weighted by Gasteiger charge is 2.15. The first-order valence-electron chi connectivity index (χ1n) is 8.45. The molecule has 26 heavy (non-hydrogen) atoms. The van der Waals surface area contributed by atoms with Gasteiger partial charge in [0.25, 0.3) is 5.91 Å². The summed E-state index contributed by atoms with van der Waals surface area (Å²) in [7, 11) is 0. The molecule has 0 aliphatic heterocycles. The van der Waals surface area contributed by atoms with Gasteiger partial charge in [0.05, 0.1) is 11.6 Å². The number of carbonyl (C=O) groups is 1. The fourth-order valence-electron chi connectivity index (χ4n) is 2.62. The maximum absolute atomic E-state index is 13.1. The summed E-state index contributed by atoms with van der Waals surface area (Å²) in [6, 6.07) is 23.8. The Morgan fingerprint density at radius 2 is 1.62 bits per heavy atom. The fraction of sp³-hybridized carbons (Fsp3) is 0.136. The van der Waals surface area contributed by atoms with E-state index in [9.17, 15) is 9.18 Å². The van der Waals surface area contributed by atoms with Crippen LogP contribution in [0, 0.1) is 5.82 Å². The Morgan fingerprint density at radius 1 is 0.962 bits per heavy atom. The molecule has 1 unspecified atom stereocenters. The predicted octanol–water partition coefficient (Wildman–Crippen LogP) is 5.61. The van der Waals surface area contributed by atoms with Crippen molar-refractivity contribution in [2.45, 2.75) is 23.6 Å². The average molecular weight is 365 g/mol.